The fraction of sp³-hybridized carbons (Fsp3) is 0.529. The average molecular weight is 286 g/mol. The van der Waals surface area contributed by atoms with E-state index in [1.165, 1.54) is 6.42 Å². The quantitative estimate of drug-likeness (QED) is 0.867. The normalized spacial score (nSPS) is 18.0. The number of carbonyl (C=O) groups is 1. The number of rotatable bonds is 4. The zero-order valence-corrected chi connectivity index (χ0v) is 12.8. The number of carbonyl (C=O) groups excluding carboxylic acids is 1. The molecule has 1 aliphatic rings. The van der Waals surface area contributed by atoms with Crippen LogP contribution in [0.1, 0.15) is 37.9 Å². The van der Waals surface area contributed by atoms with Gasteiger partial charge in [-0.2, -0.15) is 0 Å². The van der Waals surface area contributed by atoms with E-state index in [-0.39, 0.29) is 5.78 Å². The van der Waals surface area contributed by atoms with E-state index >= 15 is 0 Å². The van der Waals surface area contributed by atoms with E-state index in [1.807, 2.05) is 35.9 Å². The Balaban J connectivity index is 1.87. The molecule has 0 radical (unpaired) electrons. The van der Waals surface area contributed by atoms with E-state index in [0.717, 1.165) is 42.5 Å². The predicted molar refractivity (Wildman–Crippen MR) is 82.3 cm³/mol. The van der Waals surface area contributed by atoms with Gasteiger partial charge in [-0.05, 0) is 25.0 Å². The smallest absolute Gasteiger partial charge is 0.172 e. The standard InChI is InChI=1S/C17H22N2O2/c1-19-14-9-5-4-8-13(14)18-16(19)12-15(20)17(21-2)10-6-3-7-11-17/h4-5,8-9H,3,6-7,10-12H2,1-2H3. The third kappa shape index (κ3) is 2.48. The summed E-state index contributed by atoms with van der Waals surface area (Å²) in [5, 5.41) is 0. The highest BCUT2D eigenvalue weighted by Gasteiger charge is 2.39. The Morgan fingerprint density at radius 1 is 1.29 bits per heavy atom. The van der Waals surface area contributed by atoms with Gasteiger partial charge in [0.05, 0.1) is 17.5 Å². The van der Waals surface area contributed by atoms with Gasteiger partial charge < -0.3 is 9.30 Å². The van der Waals surface area contributed by atoms with Crippen LogP contribution in [0.3, 0.4) is 0 Å². The third-order valence-corrected chi connectivity index (χ3v) is 4.76. The minimum atomic E-state index is -0.587. The van der Waals surface area contributed by atoms with Crippen LogP contribution in [0.4, 0.5) is 0 Å². The summed E-state index contributed by atoms with van der Waals surface area (Å²) >= 11 is 0. The summed E-state index contributed by atoms with van der Waals surface area (Å²) in [5.41, 5.74) is 1.42. The molecule has 3 rings (SSSR count). The van der Waals surface area contributed by atoms with Crippen molar-refractivity contribution in [3.05, 3.63) is 30.1 Å². The Kier molecular flexibility index (Phi) is 3.81. The van der Waals surface area contributed by atoms with Crippen LogP contribution in [0.2, 0.25) is 0 Å². The molecule has 112 valence electrons. The van der Waals surface area contributed by atoms with Gasteiger partial charge in [-0.1, -0.05) is 31.4 Å². The first-order valence-electron chi connectivity index (χ1n) is 7.65. The molecule has 0 N–H and O–H groups in total. The number of methoxy groups -OCH3 is 1. The molecule has 21 heavy (non-hydrogen) atoms. The topological polar surface area (TPSA) is 44.1 Å². The molecule has 4 heteroatoms. The number of ether oxygens (including phenoxy) is 1. The molecule has 0 saturated heterocycles. The zero-order chi connectivity index (χ0) is 14.9. The van der Waals surface area contributed by atoms with Crippen molar-refractivity contribution in [2.75, 3.05) is 7.11 Å². The van der Waals surface area contributed by atoms with Crippen molar-refractivity contribution in [3.8, 4) is 0 Å². The van der Waals surface area contributed by atoms with Crippen molar-refractivity contribution >= 4 is 16.8 Å². The zero-order valence-electron chi connectivity index (χ0n) is 12.8. The fourth-order valence-corrected chi connectivity index (χ4v) is 3.38. The minimum Gasteiger partial charge on any atom is -0.370 e. The van der Waals surface area contributed by atoms with Crippen LogP contribution >= 0.6 is 0 Å². The lowest BCUT2D eigenvalue weighted by Gasteiger charge is -2.34. The van der Waals surface area contributed by atoms with Crippen molar-refractivity contribution in [1.82, 2.24) is 9.55 Å². The van der Waals surface area contributed by atoms with Crippen molar-refractivity contribution in [2.45, 2.75) is 44.1 Å². The summed E-state index contributed by atoms with van der Waals surface area (Å²) in [5.74, 6) is 0.992. The van der Waals surface area contributed by atoms with Crippen LogP contribution in [0, 0.1) is 0 Å². The van der Waals surface area contributed by atoms with Crippen LogP contribution in [-0.4, -0.2) is 28.0 Å². The van der Waals surface area contributed by atoms with E-state index in [2.05, 4.69) is 4.98 Å². The van der Waals surface area contributed by atoms with Gasteiger partial charge in [-0.25, -0.2) is 4.98 Å². The number of nitrogens with zero attached hydrogens (tertiary/aromatic N) is 2. The lowest BCUT2D eigenvalue weighted by molar-refractivity contribution is -0.144. The number of Topliss-reactive ketones (excluding diaryl/α,β-unsaturated/α-hetero) is 1. The molecular formula is C17H22N2O2. The Hall–Kier alpha value is -1.68. The molecule has 4 nitrogen and oxygen atoms in total. The van der Waals surface area contributed by atoms with Crippen LogP contribution in [0.15, 0.2) is 24.3 Å². The van der Waals surface area contributed by atoms with Gasteiger partial charge in [0, 0.05) is 14.2 Å². The number of imidazole rings is 1. The van der Waals surface area contributed by atoms with Crippen molar-refractivity contribution in [1.29, 1.82) is 0 Å². The molecule has 0 unspecified atom stereocenters. The first-order chi connectivity index (χ1) is 10.2. The number of benzene rings is 1. The van der Waals surface area contributed by atoms with E-state index in [0.29, 0.717) is 6.42 Å². The summed E-state index contributed by atoms with van der Waals surface area (Å²) in [6, 6.07) is 7.98. The molecule has 1 aromatic heterocycles. The second-order valence-electron chi connectivity index (χ2n) is 5.93. The first kappa shape index (κ1) is 14.3. The lowest BCUT2D eigenvalue weighted by atomic mass is 9.80. The van der Waals surface area contributed by atoms with Crippen molar-refractivity contribution in [2.24, 2.45) is 7.05 Å². The summed E-state index contributed by atoms with van der Waals surface area (Å²) in [7, 11) is 3.64. The summed E-state index contributed by atoms with van der Waals surface area (Å²) < 4.78 is 7.65. The Labute approximate surface area is 125 Å². The van der Waals surface area contributed by atoms with Crippen LogP contribution in [0.5, 0.6) is 0 Å². The second-order valence-corrected chi connectivity index (χ2v) is 5.93. The van der Waals surface area contributed by atoms with Crippen LogP contribution < -0.4 is 0 Å². The molecule has 1 heterocycles. The van der Waals surface area contributed by atoms with Crippen LogP contribution in [-0.2, 0) is 23.0 Å². The number of ketones is 1. The lowest BCUT2D eigenvalue weighted by Crippen LogP contribution is -2.43. The Morgan fingerprint density at radius 2 is 2.00 bits per heavy atom. The molecule has 1 fully saturated rings. The largest absolute Gasteiger partial charge is 0.370 e. The maximum Gasteiger partial charge on any atom is 0.172 e. The Bertz CT molecular complexity index is 654. The van der Waals surface area contributed by atoms with Gasteiger partial charge in [0.2, 0.25) is 0 Å². The monoisotopic (exact) mass is 286 g/mol. The molecule has 0 bridgehead atoms. The average Bonchev–Trinajstić information content (AvgIpc) is 2.84. The minimum absolute atomic E-state index is 0.170. The molecule has 0 aliphatic heterocycles. The number of aromatic nitrogens is 2. The van der Waals surface area contributed by atoms with E-state index < -0.39 is 5.60 Å². The summed E-state index contributed by atoms with van der Waals surface area (Å²) in [4.78, 5) is 17.4. The Morgan fingerprint density at radius 3 is 2.67 bits per heavy atom. The molecule has 0 amide bonds. The highest BCUT2D eigenvalue weighted by molar-refractivity contribution is 5.89. The molecule has 1 aromatic carbocycles. The van der Waals surface area contributed by atoms with E-state index in [9.17, 15) is 4.79 Å². The first-order valence-corrected chi connectivity index (χ1v) is 7.65. The molecule has 2 aromatic rings. The maximum atomic E-state index is 12.8. The van der Waals surface area contributed by atoms with Gasteiger partial charge in [0.25, 0.3) is 0 Å². The number of hydrogen-bond acceptors (Lipinski definition) is 3. The highest BCUT2D eigenvalue weighted by Crippen LogP contribution is 2.33. The molecular weight excluding hydrogens is 264 g/mol. The highest BCUT2D eigenvalue weighted by atomic mass is 16.5. The van der Waals surface area contributed by atoms with E-state index in [1.54, 1.807) is 7.11 Å². The second kappa shape index (κ2) is 5.60. The molecule has 0 atom stereocenters. The van der Waals surface area contributed by atoms with Gasteiger partial charge in [0.1, 0.15) is 11.4 Å². The van der Waals surface area contributed by atoms with Crippen LogP contribution in [0.25, 0.3) is 11.0 Å². The molecule has 1 saturated carbocycles. The SMILES string of the molecule is COC1(C(=O)Cc2nc3ccccc3n2C)CCCCC1. The summed E-state index contributed by atoms with van der Waals surface area (Å²) in [6.07, 6.45) is 5.37. The van der Waals surface area contributed by atoms with Gasteiger partial charge >= 0.3 is 0 Å². The van der Waals surface area contributed by atoms with Crippen molar-refractivity contribution in [3.63, 3.8) is 0 Å². The maximum absolute atomic E-state index is 12.8. The van der Waals surface area contributed by atoms with Gasteiger partial charge in [0.15, 0.2) is 5.78 Å². The third-order valence-electron chi connectivity index (χ3n) is 4.76. The van der Waals surface area contributed by atoms with Gasteiger partial charge in [-0.3, -0.25) is 4.79 Å². The number of aryl methyl sites for hydroxylation is 1. The predicted octanol–water partition coefficient (Wildman–Crippen LogP) is 3.03. The van der Waals surface area contributed by atoms with Gasteiger partial charge in [-0.15, -0.1) is 0 Å². The summed E-state index contributed by atoms with van der Waals surface area (Å²) in [6.45, 7) is 0. The molecule has 1 aliphatic carbocycles. The van der Waals surface area contributed by atoms with Crippen molar-refractivity contribution < 1.29 is 9.53 Å². The number of fused-ring (bicyclic) bond motifs is 1. The van der Waals surface area contributed by atoms with E-state index in [4.69, 9.17) is 4.74 Å². The fourth-order valence-electron chi connectivity index (χ4n) is 3.38. The number of para-hydroxylation sites is 2. The number of hydrogen-bond donors (Lipinski definition) is 0. The molecule has 0 spiro atoms.